The largest absolute Gasteiger partial charge is 0.519 e. The summed E-state index contributed by atoms with van der Waals surface area (Å²) in [5, 5.41) is 10.2. The maximum atomic E-state index is 14.7. The minimum Gasteiger partial charge on any atom is -0.481 e. The van der Waals surface area contributed by atoms with Crippen LogP contribution in [0.4, 0.5) is 8.78 Å². The molecule has 12 heteroatoms. The first-order valence-electron chi connectivity index (χ1n) is 17.4. The first-order valence-corrected chi connectivity index (χ1v) is 17.4. The van der Waals surface area contributed by atoms with Gasteiger partial charge in [-0.05, 0) is 118 Å². The Kier molecular flexibility index (Phi) is 8.23. The van der Waals surface area contributed by atoms with Gasteiger partial charge in [-0.2, -0.15) is 8.78 Å². The first kappa shape index (κ1) is 35.5. The molecule has 10 atom stereocenters. The minimum atomic E-state index is -3.39. The SMILES string of the molecule is Cc1oc(=O)oc1COC(=O)[C@]1(C)[C@@H](OC(=O)C(F)F)CC[C@@]2(C)[C@H]1CC[C@]1(C)[C@@H]2C(=O)C=C2[C@@H]3C[C@@](C)(C(=O)O)CC[C@]3(C)CC[C@]21C. The number of hydrogen-bond donors (Lipinski definition) is 1. The molecule has 1 aromatic rings. The van der Waals surface area contributed by atoms with Crippen LogP contribution in [0.3, 0.4) is 0 Å². The number of carbonyl (C=O) groups is 4. The van der Waals surface area contributed by atoms with Crippen molar-refractivity contribution < 1.29 is 51.4 Å². The monoisotopic (exact) mass is 690 g/mol. The maximum Gasteiger partial charge on any atom is 0.519 e. The van der Waals surface area contributed by atoms with Crippen LogP contribution in [0.15, 0.2) is 25.3 Å². The van der Waals surface area contributed by atoms with Crippen molar-refractivity contribution in [3.8, 4) is 0 Å². The van der Waals surface area contributed by atoms with E-state index in [-0.39, 0.29) is 35.1 Å². The summed E-state index contributed by atoms with van der Waals surface area (Å²) in [7, 11) is 0. The highest BCUT2D eigenvalue weighted by Gasteiger charge is 2.72. The van der Waals surface area contributed by atoms with Crippen molar-refractivity contribution in [2.24, 2.45) is 50.2 Å². The summed E-state index contributed by atoms with van der Waals surface area (Å²) in [6, 6.07) is 0. The number of ether oxygens (including phenoxy) is 2. The fraction of sp³-hybridized carbons (Fsp3) is 0.757. The molecule has 0 unspecified atom stereocenters. The summed E-state index contributed by atoms with van der Waals surface area (Å²) in [6.45, 7) is 13.0. The summed E-state index contributed by atoms with van der Waals surface area (Å²) >= 11 is 0. The van der Waals surface area contributed by atoms with E-state index in [0.717, 1.165) is 24.8 Å². The summed E-state index contributed by atoms with van der Waals surface area (Å²) in [5.41, 5.74) is -3.36. The molecular weight excluding hydrogens is 642 g/mol. The van der Waals surface area contributed by atoms with Gasteiger partial charge in [0.25, 0.3) is 0 Å². The van der Waals surface area contributed by atoms with Gasteiger partial charge in [0, 0.05) is 5.92 Å². The van der Waals surface area contributed by atoms with Gasteiger partial charge in [0.1, 0.15) is 11.5 Å². The van der Waals surface area contributed by atoms with Gasteiger partial charge in [-0.1, -0.05) is 33.3 Å². The molecule has 1 N–H and O–H groups in total. The predicted octanol–water partition coefficient (Wildman–Crippen LogP) is 6.81. The number of rotatable bonds is 6. The van der Waals surface area contributed by atoms with Crippen LogP contribution in [-0.2, 0) is 35.3 Å². The number of aryl methyl sites for hydroxylation is 1. The number of aliphatic carboxylic acids is 1. The van der Waals surface area contributed by atoms with Crippen molar-refractivity contribution in [1.29, 1.82) is 0 Å². The maximum absolute atomic E-state index is 14.7. The molecule has 49 heavy (non-hydrogen) atoms. The highest BCUT2D eigenvalue weighted by Crippen LogP contribution is 2.75. The number of carboxylic acids is 1. The van der Waals surface area contributed by atoms with Gasteiger partial charge < -0.3 is 23.4 Å². The number of ketones is 1. The van der Waals surface area contributed by atoms with Crippen LogP contribution in [0, 0.1) is 57.2 Å². The van der Waals surface area contributed by atoms with Crippen molar-refractivity contribution in [1.82, 2.24) is 0 Å². The summed E-state index contributed by atoms with van der Waals surface area (Å²) in [4.78, 5) is 65.2. The molecule has 1 aromatic heterocycles. The number of alkyl halides is 2. The topological polar surface area (TPSA) is 150 Å². The molecular formula is C37H48F2O10. The standard InChI is InChI=1S/C37H48F2O10/c1-19-23(48-31(45)47-19)18-46-30(44)37(7)24-8-11-36(6)26(34(24,4)10-9-25(37)49-28(41)27(38)39)22(40)16-20-21-17-33(3,29(42)43)13-12-32(21,2)14-15-35(20,36)5/h16,21,24-27H,8-15,17-18H2,1-7H3,(H,42,43)/t21-,24+,25-,26+,32+,33-,34-,35+,36+,37-/m0/s1. The third-order valence-corrected chi connectivity index (χ3v) is 14.7. The molecule has 5 aliphatic rings. The number of allylic oxidation sites excluding steroid dienone is 2. The second kappa shape index (κ2) is 11.4. The molecule has 0 saturated heterocycles. The van der Waals surface area contributed by atoms with Gasteiger partial charge in [-0.15, -0.1) is 0 Å². The lowest BCUT2D eigenvalue weighted by molar-refractivity contribution is -0.227. The quantitative estimate of drug-likeness (QED) is 0.316. The molecule has 5 aliphatic carbocycles. The molecule has 0 radical (unpaired) electrons. The molecule has 0 aliphatic heterocycles. The van der Waals surface area contributed by atoms with Crippen LogP contribution in [0.5, 0.6) is 0 Å². The van der Waals surface area contributed by atoms with Gasteiger partial charge >= 0.3 is 30.2 Å². The van der Waals surface area contributed by atoms with Crippen LogP contribution in [0.25, 0.3) is 0 Å². The fourth-order valence-electron chi connectivity index (χ4n) is 11.5. The Hall–Kier alpha value is -3.31. The fourth-order valence-corrected chi connectivity index (χ4v) is 11.5. The summed E-state index contributed by atoms with van der Waals surface area (Å²) < 4.78 is 47.9. The zero-order valence-corrected chi connectivity index (χ0v) is 29.4. The molecule has 1 heterocycles. The summed E-state index contributed by atoms with van der Waals surface area (Å²) in [6.07, 6.45) is 2.08. The van der Waals surface area contributed by atoms with Crippen LogP contribution < -0.4 is 5.82 Å². The van der Waals surface area contributed by atoms with Gasteiger partial charge in [-0.3, -0.25) is 14.4 Å². The van der Waals surface area contributed by atoms with Crippen LogP contribution >= 0.6 is 0 Å². The van der Waals surface area contributed by atoms with E-state index in [1.807, 2.05) is 13.8 Å². The summed E-state index contributed by atoms with van der Waals surface area (Å²) in [5.74, 6) is -5.46. The minimum absolute atomic E-state index is 0.00285. The van der Waals surface area contributed by atoms with Gasteiger partial charge in [0.2, 0.25) is 0 Å². The number of hydrogen-bond acceptors (Lipinski definition) is 9. The van der Waals surface area contributed by atoms with Gasteiger partial charge in [0.15, 0.2) is 23.9 Å². The lowest BCUT2D eigenvalue weighted by Gasteiger charge is -2.70. The second-order valence-corrected chi connectivity index (χ2v) is 17.1. The Balaban J connectivity index is 1.40. The van der Waals surface area contributed by atoms with Crippen molar-refractivity contribution in [3.63, 3.8) is 0 Å². The van der Waals surface area contributed by atoms with E-state index in [2.05, 4.69) is 20.8 Å². The Bertz CT molecular complexity index is 1680. The molecule has 10 nitrogen and oxygen atoms in total. The van der Waals surface area contributed by atoms with E-state index < -0.39 is 81.8 Å². The average molecular weight is 691 g/mol. The normalized spacial score (nSPS) is 43.0. The third kappa shape index (κ3) is 5.00. The number of esters is 2. The molecule has 0 spiro atoms. The zero-order chi connectivity index (χ0) is 36.1. The third-order valence-electron chi connectivity index (χ3n) is 14.7. The van der Waals surface area contributed by atoms with Gasteiger partial charge in [0.05, 0.1) is 5.41 Å². The predicted molar refractivity (Wildman–Crippen MR) is 169 cm³/mol. The van der Waals surface area contributed by atoms with Crippen molar-refractivity contribution in [2.45, 2.75) is 125 Å². The average Bonchev–Trinajstić information content (AvgIpc) is 3.35. The molecule has 4 saturated carbocycles. The molecule has 270 valence electrons. The Morgan fingerprint density at radius 2 is 1.63 bits per heavy atom. The number of carbonyl (C=O) groups excluding carboxylic acids is 3. The van der Waals surface area contributed by atoms with E-state index in [4.69, 9.17) is 18.3 Å². The Labute approximate surface area is 284 Å². The Morgan fingerprint density at radius 3 is 2.24 bits per heavy atom. The Morgan fingerprint density at radius 1 is 0.959 bits per heavy atom. The lowest BCUT2D eigenvalue weighted by Crippen LogP contribution is -2.68. The highest BCUT2D eigenvalue weighted by atomic mass is 19.3. The first-order chi connectivity index (χ1) is 22.7. The number of carboxylic acid groups (broad SMARTS) is 1. The van der Waals surface area contributed by atoms with E-state index in [9.17, 15) is 37.9 Å². The second-order valence-electron chi connectivity index (χ2n) is 17.1. The zero-order valence-electron chi connectivity index (χ0n) is 29.4. The molecule has 0 bridgehead atoms. The highest BCUT2D eigenvalue weighted by molar-refractivity contribution is 5.96. The van der Waals surface area contributed by atoms with E-state index in [1.165, 1.54) is 6.92 Å². The smallest absolute Gasteiger partial charge is 0.481 e. The molecule has 4 fully saturated rings. The molecule has 0 amide bonds. The van der Waals surface area contributed by atoms with Crippen LogP contribution in [0.1, 0.15) is 111 Å². The molecule has 6 rings (SSSR count). The molecule has 0 aromatic carbocycles. The lowest BCUT2D eigenvalue weighted by atomic mass is 9.33. The van der Waals surface area contributed by atoms with E-state index in [1.54, 1.807) is 13.0 Å². The number of fused-ring (bicyclic) bond motifs is 7. The van der Waals surface area contributed by atoms with Crippen LogP contribution in [0.2, 0.25) is 0 Å². The van der Waals surface area contributed by atoms with Crippen molar-refractivity contribution in [2.75, 3.05) is 0 Å². The van der Waals surface area contributed by atoms with E-state index >= 15 is 0 Å². The van der Waals surface area contributed by atoms with Gasteiger partial charge in [-0.25, -0.2) is 9.59 Å². The van der Waals surface area contributed by atoms with E-state index in [0.29, 0.717) is 32.1 Å². The van der Waals surface area contributed by atoms with Crippen molar-refractivity contribution >= 4 is 23.7 Å². The van der Waals surface area contributed by atoms with Crippen LogP contribution in [-0.4, -0.2) is 41.3 Å². The van der Waals surface area contributed by atoms with Crippen molar-refractivity contribution in [3.05, 3.63) is 33.8 Å². The number of halogens is 2.